The largest absolute Gasteiger partial charge is 0.239 e. The summed E-state index contributed by atoms with van der Waals surface area (Å²) >= 11 is 7.21. The highest BCUT2D eigenvalue weighted by Crippen LogP contribution is 2.17. The fourth-order valence-electron chi connectivity index (χ4n) is 0.869. The molecule has 0 N–H and O–H groups in total. The summed E-state index contributed by atoms with van der Waals surface area (Å²) in [6.45, 7) is 0. The number of hydrogen-bond donors (Lipinski definition) is 0. The van der Waals surface area contributed by atoms with Gasteiger partial charge in [0.05, 0.1) is 16.1 Å². The van der Waals surface area contributed by atoms with Crippen LogP contribution in [0, 0.1) is 0 Å². The van der Waals surface area contributed by atoms with Gasteiger partial charge in [0.1, 0.15) is 5.82 Å². The number of alkyl halides is 1. The third-order valence-electron chi connectivity index (χ3n) is 1.37. The number of rotatable bonds is 1. The minimum Gasteiger partial charge on any atom is -0.239 e. The van der Waals surface area contributed by atoms with E-state index in [4.69, 9.17) is 11.6 Å². The molecule has 0 atom stereocenters. The van der Waals surface area contributed by atoms with Crippen molar-refractivity contribution in [2.45, 2.75) is 5.88 Å². The molecule has 0 unspecified atom stereocenters. The molecule has 0 aliphatic carbocycles. The Hall–Kier alpha value is -0.670. The number of halogens is 1. The Morgan fingerprint density at radius 3 is 3.27 bits per heavy atom. The van der Waals surface area contributed by atoms with Crippen LogP contribution in [0.3, 0.4) is 0 Å². The first-order chi connectivity index (χ1) is 5.40. The summed E-state index contributed by atoms with van der Waals surface area (Å²) in [5.41, 5.74) is 0.987. The molecule has 2 aromatic heterocycles. The van der Waals surface area contributed by atoms with Crippen molar-refractivity contribution in [1.29, 1.82) is 0 Å². The number of fused-ring (bicyclic) bond motifs is 1. The van der Waals surface area contributed by atoms with Gasteiger partial charge in [-0.3, -0.25) is 0 Å². The molecular weight excluding hydrogens is 180 g/mol. The molecule has 0 aromatic carbocycles. The van der Waals surface area contributed by atoms with E-state index in [2.05, 4.69) is 9.97 Å². The van der Waals surface area contributed by atoms with Gasteiger partial charge in [0.25, 0.3) is 0 Å². The van der Waals surface area contributed by atoms with E-state index in [0.717, 1.165) is 10.2 Å². The first kappa shape index (κ1) is 7.00. The molecule has 56 valence electrons. The van der Waals surface area contributed by atoms with Crippen molar-refractivity contribution in [2.75, 3.05) is 0 Å². The predicted octanol–water partition coefficient (Wildman–Crippen LogP) is 2.43. The maximum Gasteiger partial charge on any atom is 0.143 e. The number of thiophene rings is 1. The summed E-state index contributed by atoms with van der Waals surface area (Å²) in [5, 5.41) is 2.00. The van der Waals surface area contributed by atoms with Crippen LogP contribution >= 0.6 is 22.9 Å². The van der Waals surface area contributed by atoms with E-state index in [0.29, 0.717) is 11.7 Å². The Balaban J connectivity index is 2.67. The molecule has 0 aliphatic heterocycles. The Morgan fingerprint density at radius 1 is 1.55 bits per heavy atom. The summed E-state index contributed by atoms with van der Waals surface area (Å²) < 4.78 is 1.11. The molecule has 0 saturated carbocycles. The van der Waals surface area contributed by atoms with Crippen LogP contribution in [0.2, 0.25) is 0 Å². The average molecular weight is 185 g/mol. The second kappa shape index (κ2) is 2.75. The molecule has 0 bridgehead atoms. The molecule has 4 heteroatoms. The van der Waals surface area contributed by atoms with E-state index < -0.39 is 0 Å². The topological polar surface area (TPSA) is 25.8 Å². The lowest BCUT2D eigenvalue weighted by molar-refractivity contribution is 1.07. The number of aromatic nitrogens is 2. The number of hydrogen-bond acceptors (Lipinski definition) is 3. The Kier molecular flexibility index (Phi) is 1.75. The van der Waals surface area contributed by atoms with Gasteiger partial charge in [-0.1, -0.05) is 0 Å². The molecule has 11 heavy (non-hydrogen) atoms. The smallest absolute Gasteiger partial charge is 0.143 e. The van der Waals surface area contributed by atoms with Gasteiger partial charge in [0.15, 0.2) is 0 Å². The third kappa shape index (κ3) is 1.21. The lowest BCUT2D eigenvalue weighted by Gasteiger charge is -1.91. The summed E-state index contributed by atoms with van der Waals surface area (Å²) in [6, 6.07) is 1.97. The summed E-state index contributed by atoms with van der Waals surface area (Å²) in [6.07, 6.45) is 1.81. The number of nitrogens with zero attached hydrogens (tertiary/aromatic N) is 2. The highest BCUT2D eigenvalue weighted by atomic mass is 35.5. The standard InChI is InChI=1S/C7H5ClN2S/c8-3-7-9-4-6-5(10-7)1-2-11-6/h1-2,4H,3H2. The lowest BCUT2D eigenvalue weighted by Crippen LogP contribution is -1.88. The van der Waals surface area contributed by atoms with E-state index in [1.165, 1.54) is 0 Å². The third-order valence-corrected chi connectivity index (χ3v) is 2.45. The second-order valence-corrected chi connectivity index (χ2v) is 3.30. The lowest BCUT2D eigenvalue weighted by atomic mass is 10.5. The zero-order chi connectivity index (χ0) is 7.68. The summed E-state index contributed by atoms with van der Waals surface area (Å²) in [7, 11) is 0. The van der Waals surface area contributed by atoms with Crippen LogP contribution in [-0.4, -0.2) is 9.97 Å². The zero-order valence-corrected chi connectivity index (χ0v) is 7.19. The van der Waals surface area contributed by atoms with Crippen molar-refractivity contribution in [1.82, 2.24) is 9.97 Å². The van der Waals surface area contributed by atoms with Gasteiger partial charge in [0.2, 0.25) is 0 Å². The van der Waals surface area contributed by atoms with Crippen molar-refractivity contribution in [3.63, 3.8) is 0 Å². The first-order valence-electron chi connectivity index (χ1n) is 3.15. The molecule has 2 heterocycles. The van der Waals surface area contributed by atoms with Gasteiger partial charge >= 0.3 is 0 Å². The van der Waals surface area contributed by atoms with Crippen molar-refractivity contribution < 1.29 is 0 Å². The van der Waals surface area contributed by atoms with E-state index in [-0.39, 0.29) is 0 Å². The van der Waals surface area contributed by atoms with E-state index in [1.54, 1.807) is 11.3 Å². The second-order valence-electron chi connectivity index (χ2n) is 2.09. The van der Waals surface area contributed by atoms with Crippen molar-refractivity contribution in [2.24, 2.45) is 0 Å². The summed E-state index contributed by atoms with van der Waals surface area (Å²) in [4.78, 5) is 8.29. The summed E-state index contributed by atoms with van der Waals surface area (Å²) in [5.74, 6) is 1.07. The predicted molar refractivity (Wildman–Crippen MR) is 47.0 cm³/mol. The van der Waals surface area contributed by atoms with Gasteiger partial charge in [-0.05, 0) is 11.4 Å². The zero-order valence-electron chi connectivity index (χ0n) is 5.62. The molecule has 0 spiro atoms. The fourth-order valence-corrected chi connectivity index (χ4v) is 1.69. The van der Waals surface area contributed by atoms with Crippen LogP contribution in [0.25, 0.3) is 10.2 Å². The van der Waals surface area contributed by atoms with E-state index in [9.17, 15) is 0 Å². The quantitative estimate of drug-likeness (QED) is 0.637. The van der Waals surface area contributed by atoms with Crippen LogP contribution in [0.1, 0.15) is 5.82 Å². The Morgan fingerprint density at radius 2 is 2.45 bits per heavy atom. The van der Waals surface area contributed by atoms with Gasteiger partial charge in [-0.15, -0.1) is 22.9 Å². The van der Waals surface area contributed by atoms with Gasteiger partial charge in [-0.2, -0.15) is 0 Å². The molecule has 0 radical (unpaired) electrons. The maximum atomic E-state index is 5.57. The van der Waals surface area contributed by atoms with Crippen LogP contribution in [0.4, 0.5) is 0 Å². The minimum atomic E-state index is 0.381. The minimum absolute atomic E-state index is 0.381. The molecule has 2 nitrogen and oxygen atoms in total. The van der Waals surface area contributed by atoms with Crippen molar-refractivity contribution >= 4 is 33.2 Å². The molecule has 2 rings (SSSR count). The highest BCUT2D eigenvalue weighted by molar-refractivity contribution is 7.17. The maximum absolute atomic E-state index is 5.57. The molecule has 0 aliphatic rings. The monoisotopic (exact) mass is 184 g/mol. The van der Waals surface area contributed by atoms with Gasteiger partial charge in [0, 0.05) is 6.20 Å². The SMILES string of the molecule is ClCc1ncc2sccc2n1. The highest BCUT2D eigenvalue weighted by Gasteiger charge is 1.97. The normalized spacial score (nSPS) is 10.6. The van der Waals surface area contributed by atoms with Crippen molar-refractivity contribution in [3.05, 3.63) is 23.5 Å². The van der Waals surface area contributed by atoms with Crippen LogP contribution in [0.5, 0.6) is 0 Å². The van der Waals surface area contributed by atoms with Gasteiger partial charge in [-0.25, -0.2) is 9.97 Å². The van der Waals surface area contributed by atoms with Crippen molar-refractivity contribution in [3.8, 4) is 0 Å². The molecule has 0 amide bonds. The van der Waals surface area contributed by atoms with E-state index >= 15 is 0 Å². The van der Waals surface area contributed by atoms with Crippen LogP contribution in [-0.2, 0) is 5.88 Å². The molecule has 0 fully saturated rings. The Labute approximate surface area is 72.9 Å². The van der Waals surface area contributed by atoms with Crippen LogP contribution in [0.15, 0.2) is 17.6 Å². The van der Waals surface area contributed by atoms with Crippen LogP contribution < -0.4 is 0 Å². The van der Waals surface area contributed by atoms with Gasteiger partial charge < -0.3 is 0 Å². The van der Waals surface area contributed by atoms with E-state index in [1.807, 2.05) is 17.6 Å². The first-order valence-corrected chi connectivity index (χ1v) is 4.56. The molecule has 2 aromatic rings. The Bertz CT molecular complexity index is 371. The fraction of sp³-hybridized carbons (Fsp3) is 0.143. The average Bonchev–Trinajstić information content (AvgIpc) is 2.50. The molecule has 0 saturated heterocycles. The molecular formula is C7H5ClN2S.